The van der Waals surface area contributed by atoms with Gasteiger partial charge in [-0.1, -0.05) is 22.0 Å². The largest absolute Gasteiger partial charge is 0.396 e. The highest BCUT2D eigenvalue weighted by molar-refractivity contribution is 9.10. The molecule has 17 heavy (non-hydrogen) atoms. The standard InChI is InChI=1S/C13H10BrN3/c14-10-4-6-11(7-5-10)17-12-3-1-2-9(8-15)13(12)16/h1-7,17H,16H2. The highest BCUT2D eigenvalue weighted by atomic mass is 79.9. The second-order valence-corrected chi connectivity index (χ2v) is 4.43. The Morgan fingerprint density at radius 2 is 1.82 bits per heavy atom. The van der Waals surface area contributed by atoms with E-state index in [4.69, 9.17) is 11.0 Å². The van der Waals surface area contributed by atoms with Gasteiger partial charge in [-0.25, -0.2) is 0 Å². The number of benzene rings is 2. The van der Waals surface area contributed by atoms with Crippen molar-refractivity contribution in [2.45, 2.75) is 0 Å². The Bertz CT molecular complexity index is 570. The van der Waals surface area contributed by atoms with Crippen LogP contribution in [-0.4, -0.2) is 0 Å². The third kappa shape index (κ3) is 2.58. The molecule has 84 valence electrons. The number of rotatable bonds is 2. The lowest BCUT2D eigenvalue weighted by Gasteiger charge is -2.10. The van der Waals surface area contributed by atoms with Crippen molar-refractivity contribution >= 4 is 33.0 Å². The molecule has 0 aliphatic rings. The van der Waals surface area contributed by atoms with Gasteiger partial charge in [-0.3, -0.25) is 0 Å². The summed E-state index contributed by atoms with van der Waals surface area (Å²) in [5.74, 6) is 0. The van der Waals surface area contributed by atoms with Crippen LogP contribution in [0.5, 0.6) is 0 Å². The van der Waals surface area contributed by atoms with Crippen LogP contribution in [0.25, 0.3) is 0 Å². The van der Waals surface area contributed by atoms with Crippen LogP contribution in [0.2, 0.25) is 0 Å². The molecule has 0 aliphatic heterocycles. The van der Waals surface area contributed by atoms with Gasteiger partial charge in [-0.2, -0.15) is 5.26 Å². The molecule has 0 bridgehead atoms. The summed E-state index contributed by atoms with van der Waals surface area (Å²) in [6, 6.07) is 15.1. The Morgan fingerprint density at radius 3 is 2.47 bits per heavy atom. The minimum absolute atomic E-state index is 0.470. The average molecular weight is 288 g/mol. The van der Waals surface area contributed by atoms with Gasteiger partial charge in [0, 0.05) is 10.2 Å². The van der Waals surface area contributed by atoms with Crippen LogP contribution >= 0.6 is 15.9 Å². The Labute approximate surface area is 108 Å². The number of nitrogens with one attached hydrogen (secondary N) is 1. The fourth-order valence-electron chi connectivity index (χ4n) is 1.46. The van der Waals surface area contributed by atoms with E-state index in [0.717, 1.165) is 15.8 Å². The fraction of sp³-hybridized carbons (Fsp3) is 0. The van der Waals surface area contributed by atoms with Crippen LogP contribution in [0.4, 0.5) is 17.1 Å². The second-order valence-electron chi connectivity index (χ2n) is 3.51. The number of nitrogens with zero attached hydrogens (tertiary/aromatic N) is 1. The summed E-state index contributed by atoms with van der Waals surface area (Å²) in [6.45, 7) is 0. The van der Waals surface area contributed by atoms with Gasteiger partial charge in [-0.05, 0) is 36.4 Å². The molecule has 0 amide bonds. The zero-order chi connectivity index (χ0) is 12.3. The Morgan fingerprint density at radius 1 is 1.12 bits per heavy atom. The first kappa shape index (κ1) is 11.5. The van der Waals surface area contributed by atoms with E-state index in [9.17, 15) is 0 Å². The molecule has 4 heteroatoms. The maximum atomic E-state index is 8.88. The number of para-hydroxylation sites is 1. The lowest BCUT2D eigenvalue weighted by Crippen LogP contribution is -1.98. The molecule has 2 aromatic carbocycles. The number of halogens is 1. The van der Waals surface area contributed by atoms with Gasteiger partial charge in [-0.15, -0.1) is 0 Å². The van der Waals surface area contributed by atoms with Crippen LogP contribution in [0.15, 0.2) is 46.9 Å². The van der Waals surface area contributed by atoms with E-state index in [2.05, 4.69) is 27.3 Å². The van der Waals surface area contributed by atoms with E-state index >= 15 is 0 Å². The van der Waals surface area contributed by atoms with Crippen molar-refractivity contribution in [3.05, 3.63) is 52.5 Å². The predicted octanol–water partition coefficient (Wildman–Crippen LogP) is 3.65. The van der Waals surface area contributed by atoms with Gasteiger partial charge in [0.15, 0.2) is 0 Å². The molecule has 0 saturated heterocycles. The van der Waals surface area contributed by atoms with Crippen LogP contribution < -0.4 is 11.1 Å². The van der Waals surface area contributed by atoms with Crippen molar-refractivity contribution < 1.29 is 0 Å². The number of hydrogen-bond acceptors (Lipinski definition) is 3. The molecule has 2 rings (SSSR count). The van der Waals surface area contributed by atoms with Gasteiger partial charge >= 0.3 is 0 Å². The fourth-order valence-corrected chi connectivity index (χ4v) is 1.72. The summed E-state index contributed by atoms with van der Waals surface area (Å²) < 4.78 is 1.02. The molecule has 0 aromatic heterocycles. The molecule has 3 N–H and O–H groups in total. The zero-order valence-electron chi connectivity index (χ0n) is 8.94. The summed E-state index contributed by atoms with van der Waals surface area (Å²) in [6.07, 6.45) is 0. The lowest BCUT2D eigenvalue weighted by atomic mass is 10.1. The third-order valence-electron chi connectivity index (χ3n) is 2.35. The number of nitriles is 1. The summed E-state index contributed by atoms with van der Waals surface area (Å²) in [5, 5.41) is 12.1. The van der Waals surface area contributed by atoms with Gasteiger partial charge < -0.3 is 11.1 Å². The van der Waals surface area contributed by atoms with Crippen LogP contribution in [0.3, 0.4) is 0 Å². The van der Waals surface area contributed by atoms with Crippen LogP contribution in [-0.2, 0) is 0 Å². The minimum Gasteiger partial charge on any atom is -0.396 e. The highest BCUT2D eigenvalue weighted by Gasteiger charge is 2.04. The first-order valence-corrected chi connectivity index (χ1v) is 5.81. The molecular formula is C13H10BrN3. The number of hydrogen-bond donors (Lipinski definition) is 2. The highest BCUT2D eigenvalue weighted by Crippen LogP contribution is 2.26. The Hall–Kier alpha value is -1.99. The zero-order valence-corrected chi connectivity index (χ0v) is 10.5. The van der Waals surface area contributed by atoms with E-state index in [1.165, 1.54) is 0 Å². The quantitative estimate of drug-likeness (QED) is 0.829. The molecule has 0 aliphatic carbocycles. The molecule has 0 saturated carbocycles. The van der Waals surface area contributed by atoms with E-state index in [-0.39, 0.29) is 0 Å². The van der Waals surface area contributed by atoms with Crippen molar-refractivity contribution in [3.8, 4) is 6.07 Å². The SMILES string of the molecule is N#Cc1cccc(Nc2ccc(Br)cc2)c1N. The molecule has 0 radical (unpaired) electrons. The van der Waals surface area contributed by atoms with E-state index in [0.29, 0.717) is 11.3 Å². The Balaban J connectivity index is 2.31. The molecule has 0 heterocycles. The summed E-state index contributed by atoms with van der Waals surface area (Å²) >= 11 is 3.37. The molecular weight excluding hydrogens is 278 g/mol. The summed E-state index contributed by atoms with van der Waals surface area (Å²) in [5.41, 5.74) is 8.49. The summed E-state index contributed by atoms with van der Waals surface area (Å²) in [4.78, 5) is 0. The average Bonchev–Trinajstić information content (AvgIpc) is 2.35. The third-order valence-corrected chi connectivity index (χ3v) is 2.88. The van der Waals surface area contributed by atoms with Crippen molar-refractivity contribution in [3.63, 3.8) is 0 Å². The van der Waals surface area contributed by atoms with Gasteiger partial charge in [0.1, 0.15) is 6.07 Å². The van der Waals surface area contributed by atoms with Crippen LogP contribution in [0.1, 0.15) is 5.56 Å². The Kier molecular flexibility index (Phi) is 3.31. The van der Waals surface area contributed by atoms with Crippen molar-refractivity contribution in [2.75, 3.05) is 11.1 Å². The molecule has 0 fully saturated rings. The maximum Gasteiger partial charge on any atom is 0.101 e. The van der Waals surface area contributed by atoms with Crippen molar-refractivity contribution in [1.29, 1.82) is 5.26 Å². The van der Waals surface area contributed by atoms with Gasteiger partial charge in [0.2, 0.25) is 0 Å². The van der Waals surface area contributed by atoms with E-state index in [1.54, 1.807) is 12.1 Å². The second kappa shape index (κ2) is 4.89. The van der Waals surface area contributed by atoms with Crippen molar-refractivity contribution in [2.24, 2.45) is 0 Å². The minimum atomic E-state index is 0.470. The monoisotopic (exact) mass is 287 g/mol. The van der Waals surface area contributed by atoms with Crippen molar-refractivity contribution in [1.82, 2.24) is 0 Å². The molecule has 2 aromatic rings. The number of nitrogen functional groups attached to an aromatic ring is 1. The van der Waals surface area contributed by atoms with E-state index < -0.39 is 0 Å². The number of nitrogens with two attached hydrogens (primary N) is 1. The van der Waals surface area contributed by atoms with E-state index in [1.807, 2.05) is 30.3 Å². The van der Waals surface area contributed by atoms with Gasteiger partial charge in [0.05, 0.1) is 16.9 Å². The maximum absolute atomic E-state index is 8.88. The molecule has 3 nitrogen and oxygen atoms in total. The normalized spacial score (nSPS) is 9.65. The molecule has 0 spiro atoms. The molecule has 0 unspecified atom stereocenters. The molecule has 0 atom stereocenters. The van der Waals surface area contributed by atoms with Crippen LogP contribution in [0, 0.1) is 11.3 Å². The lowest BCUT2D eigenvalue weighted by molar-refractivity contribution is 1.47. The summed E-state index contributed by atoms with van der Waals surface area (Å²) in [7, 11) is 0. The van der Waals surface area contributed by atoms with Gasteiger partial charge in [0.25, 0.3) is 0 Å². The first-order chi connectivity index (χ1) is 8.20. The first-order valence-electron chi connectivity index (χ1n) is 5.02. The predicted molar refractivity (Wildman–Crippen MR) is 73.0 cm³/mol. The topological polar surface area (TPSA) is 61.8 Å². The smallest absolute Gasteiger partial charge is 0.101 e. The number of anilines is 3.